The van der Waals surface area contributed by atoms with Crippen LogP contribution in [0.2, 0.25) is 0 Å². The Morgan fingerprint density at radius 3 is 2.62 bits per heavy atom. The zero-order valence-corrected chi connectivity index (χ0v) is 17.6. The van der Waals surface area contributed by atoms with E-state index < -0.39 is 0 Å². The highest BCUT2D eigenvalue weighted by Crippen LogP contribution is 2.45. The van der Waals surface area contributed by atoms with Crippen LogP contribution in [0.3, 0.4) is 0 Å². The molecule has 2 fully saturated rings. The Kier molecular flexibility index (Phi) is 4.28. The summed E-state index contributed by atoms with van der Waals surface area (Å²) in [5.74, 6) is 1.53. The fourth-order valence-electron chi connectivity index (χ4n) is 5.49. The van der Waals surface area contributed by atoms with Gasteiger partial charge in [0.15, 0.2) is 5.76 Å². The smallest absolute Gasteiger partial charge is 0.289 e. The van der Waals surface area contributed by atoms with Crippen molar-refractivity contribution in [2.24, 2.45) is 11.8 Å². The maximum atomic E-state index is 13.4. The third-order valence-electron chi connectivity index (χ3n) is 6.98. The molecule has 4 nitrogen and oxygen atoms in total. The van der Waals surface area contributed by atoms with Gasteiger partial charge in [0, 0.05) is 42.5 Å². The lowest BCUT2D eigenvalue weighted by atomic mass is 9.88. The first-order chi connectivity index (χ1) is 13.9. The van der Waals surface area contributed by atoms with Crippen molar-refractivity contribution in [3.05, 3.63) is 70.5 Å². The maximum Gasteiger partial charge on any atom is 0.289 e. The summed E-state index contributed by atoms with van der Waals surface area (Å²) >= 11 is 0. The van der Waals surface area contributed by atoms with E-state index in [9.17, 15) is 4.79 Å². The number of hydrogen-bond donors (Lipinski definition) is 0. The number of nitrogens with zero attached hydrogens (tertiary/aromatic N) is 2. The lowest BCUT2D eigenvalue weighted by Crippen LogP contribution is -2.33. The molecular formula is C25H28N2O2. The van der Waals surface area contributed by atoms with Gasteiger partial charge in [-0.05, 0) is 56.5 Å². The van der Waals surface area contributed by atoms with Crippen molar-refractivity contribution >= 4 is 16.9 Å². The molecule has 0 saturated carbocycles. The van der Waals surface area contributed by atoms with E-state index in [4.69, 9.17) is 4.42 Å². The molecular weight excluding hydrogens is 360 g/mol. The SMILES string of the molecule is Cc1ccc2c(C)c(C(=O)N3C[C@@H]4CN(C)[C@H](c5ccccc5C)[C@@H]4C3)oc2c1. The maximum absolute atomic E-state index is 13.4. The first kappa shape index (κ1) is 18.4. The Bertz CT molecular complexity index is 1100. The molecule has 0 unspecified atom stereocenters. The number of likely N-dealkylation sites (tertiary alicyclic amines) is 2. The molecule has 2 aliphatic heterocycles. The van der Waals surface area contributed by atoms with Gasteiger partial charge in [-0.15, -0.1) is 0 Å². The van der Waals surface area contributed by atoms with E-state index in [2.05, 4.69) is 55.3 Å². The van der Waals surface area contributed by atoms with Crippen molar-refractivity contribution < 1.29 is 9.21 Å². The minimum Gasteiger partial charge on any atom is -0.451 e. The van der Waals surface area contributed by atoms with Crippen LogP contribution in [0.5, 0.6) is 0 Å². The van der Waals surface area contributed by atoms with E-state index in [0.717, 1.165) is 41.7 Å². The van der Waals surface area contributed by atoms with Crippen molar-refractivity contribution in [2.45, 2.75) is 26.8 Å². The van der Waals surface area contributed by atoms with Crippen molar-refractivity contribution in [1.29, 1.82) is 0 Å². The molecule has 0 radical (unpaired) electrons. The van der Waals surface area contributed by atoms with Gasteiger partial charge >= 0.3 is 0 Å². The summed E-state index contributed by atoms with van der Waals surface area (Å²) in [7, 11) is 2.22. The summed E-state index contributed by atoms with van der Waals surface area (Å²) in [6.45, 7) is 8.87. The molecule has 3 aromatic rings. The third-order valence-corrected chi connectivity index (χ3v) is 6.98. The standard InChI is InChI=1S/C25H28N2O2/c1-15-9-10-20-17(3)24(29-22(20)11-15)25(28)27-13-18-12-26(4)23(21(18)14-27)19-8-6-5-7-16(19)2/h5-11,18,21,23H,12-14H2,1-4H3/t18-,21+,23+/m0/s1. The summed E-state index contributed by atoms with van der Waals surface area (Å²) < 4.78 is 6.03. The van der Waals surface area contributed by atoms with Crippen LogP contribution in [0.15, 0.2) is 46.9 Å². The second-order valence-electron chi connectivity index (χ2n) is 8.93. The van der Waals surface area contributed by atoms with Crippen molar-refractivity contribution in [3.8, 4) is 0 Å². The van der Waals surface area contributed by atoms with Crippen LogP contribution in [0.25, 0.3) is 11.0 Å². The average Bonchev–Trinajstić information content (AvgIpc) is 3.32. The Labute approximate surface area is 172 Å². The van der Waals surface area contributed by atoms with E-state index in [1.54, 1.807) is 0 Å². The van der Waals surface area contributed by atoms with Crippen LogP contribution in [0, 0.1) is 32.6 Å². The zero-order chi connectivity index (χ0) is 20.3. The lowest BCUT2D eigenvalue weighted by Gasteiger charge is -2.28. The highest BCUT2D eigenvalue weighted by molar-refractivity contribution is 5.99. The molecule has 3 heterocycles. The first-order valence-electron chi connectivity index (χ1n) is 10.5. The summed E-state index contributed by atoms with van der Waals surface area (Å²) in [5.41, 5.74) is 5.63. The fraction of sp³-hybridized carbons (Fsp3) is 0.400. The Morgan fingerprint density at radius 2 is 1.83 bits per heavy atom. The second-order valence-corrected chi connectivity index (χ2v) is 8.93. The van der Waals surface area contributed by atoms with E-state index in [0.29, 0.717) is 23.6 Å². The zero-order valence-electron chi connectivity index (χ0n) is 17.6. The summed E-state index contributed by atoms with van der Waals surface area (Å²) in [5, 5.41) is 1.04. The molecule has 5 rings (SSSR count). The number of amides is 1. The quantitative estimate of drug-likeness (QED) is 0.637. The second kappa shape index (κ2) is 6.74. The highest BCUT2D eigenvalue weighted by atomic mass is 16.3. The number of rotatable bonds is 2. The normalized spacial score (nSPS) is 24.4. The lowest BCUT2D eigenvalue weighted by molar-refractivity contribution is 0.0737. The third kappa shape index (κ3) is 2.89. The molecule has 2 saturated heterocycles. The molecule has 0 bridgehead atoms. The summed E-state index contributed by atoms with van der Waals surface area (Å²) in [6.07, 6.45) is 0. The topological polar surface area (TPSA) is 36.7 Å². The monoisotopic (exact) mass is 388 g/mol. The van der Waals surface area contributed by atoms with Crippen molar-refractivity contribution in [1.82, 2.24) is 9.80 Å². The predicted octanol–water partition coefficient (Wildman–Crippen LogP) is 4.73. The van der Waals surface area contributed by atoms with E-state index in [-0.39, 0.29) is 5.91 Å². The number of furan rings is 1. The molecule has 4 heteroatoms. The Morgan fingerprint density at radius 1 is 1.03 bits per heavy atom. The number of carbonyl (C=O) groups excluding carboxylic acids is 1. The molecule has 0 N–H and O–H groups in total. The van der Waals surface area contributed by atoms with Gasteiger partial charge in [-0.25, -0.2) is 0 Å². The van der Waals surface area contributed by atoms with Gasteiger partial charge in [-0.3, -0.25) is 9.69 Å². The molecule has 29 heavy (non-hydrogen) atoms. The number of fused-ring (bicyclic) bond motifs is 2. The first-order valence-corrected chi connectivity index (χ1v) is 10.5. The molecule has 150 valence electrons. The molecule has 0 aliphatic carbocycles. The minimum absolute atomic E-state index is 0.0388. The van der Waals surface area contributed by atoms with Crippen LogP contribution in [0.1, 0.15) is 38.9 Å². The molecule has 0 spiro atoms. The molecule has 1 amide bonds. The minimum atomic E-state index is 0.0388. The van der Waals surface area contributed by atoms with Crippen LogP contribution >= 0.6 is 0 Å². The van der Waals surface area contributed by atoms with Crippen molar-refractivity contribution in [2.75, 3.05) is 26.7 Å². The number of aryl methyl sites for hydroxylation is 3. The van der Waals surface area contributed by atoms with Gasteiger partial charge in [0.1, 0.15) is 5.58 Å². The predicted molar refractivity (Wildman–Crippen MR) is 115 cm³/mol. The Balaban J connectivity index is 1.43. The van der Waals surface area contributed by atoms with E-state index >= 15 is 0 Å². The van der Waals surface area contributed by atoms with Crippen LogP contribution in [-0.4, -0.2) is 42.4 Å². The van der Waals surface area contributed by atoms with Gasteiger partial charge in [-0.1, -0.05) is 36.4 Å². The van der Waals surface area contributed by atoms with Crippen molar-refractivity contribution in [3.63, 3.8) is 0 Å². The van der Waals surface area contributed by atoms with Gasteiger partial charge in [0.2, 0.25) is 0 Å². The van der Waals surface area contributed by atoms with Crippen LogP contribution in [-0.2, 0) is 0 Å². The average molecular weight is 389 g/mol. The van der Waals surface area contributed by atoms with Crippen LogP contribution < -0.4 is 0 Å². The molecule has 3 atom stereocenters. The van der Waals surface area contributed by atoms with E-state index in [1.165, 1.54) is 11.1 Å². The number of benzene rings is 2. The summed E-state index contributed by atoms with van der Waals surface area (Å²) in [4.78, 5) is 17.8. The molecule has 1 aromatic heterocycles. The molecule has 2 aliphatic rings. The molecule has 2 aromatic carbocycles. The van der Waals surface area contributed by atoms with E-state index in [1.807, 2.05) is 24.8 Å². The van der Waals surface area contributed by atoms with Gasteiger partial charge in [0.25, 0.3) is 5.91 Å². The summed E-state index contributed by atoms with van der Waals surface area (Å²) in [6, 6.07) is 15.2. The van der Waals surface area contributed by atoms with Gasteiger partial charge in [-0.2, -0.15) is 0 Å². The highest BCUT2D eigenvalue weighted by Gasteiger charge is 2.48. The fourth-order valence-corrected chi connectivity index (χ4v) is 5.49. The van der Waals surface area contributed by atoms with Gasteiger partial charge < -0.3 is 9.32 Å². The number of hydrogen-bond acceptors (Lipinski definition) is 3. The Hall–Kier alpha value is -2.59. The largest absolute Gasteiger partial charge is 0.451 e. The van der Waals surface area contributed by atoms with Gasteiger partial charge in [0.05, 0.1) is 0 Å². The van der Waals surface area contributed by atoms with Crippen LogP contribution in [0.4, 0.5) is 0 Å². The number of carbonyl (C=O) groups is 1.